The van der Waals surface area contributed by atoms with Crippen molar-refractivity contribution in [2.45, 2.75) is 19.5 Å². The van der Waals surface area contributed by atoms with E-state index in [9.17, 15) is 22.8 Å². The Morgan fingerprint density at radius 3 is 2.64 bits per heavy atom. The monoisotopic (exact) mass is 417 g/mol. The van der Waals surface area contributed by atoms with E-state index in [2.05, 4.69) is 5.32 Å². The van der Waals surface area contributed by atoms with Crippen LogP contribution in [-0.2, 0) is 15.8 Å². The van der Waals surface area contributed by atoms with Crippen LogP contribution < -0.4 is 5.32 Å². The molecule has 0 aliphatic carbocycles. The second kappa shape index (κ2) is 9.93. The highest BCUT2D eigenvalue weighted by molar-refractivity contribution is 6.31. The van der Waals surface area contributed by atoms with E-state index in [4.69, 9.17) is 11.6 Å². The predicted molar refractivity (Wildman–Crippen MR) is 102 cm³/mol. The van der Waals surface area contributed by atoms with Crippen molar-refractivity contribution in [1.82, 2.24) is 15.1 Å². The largest absolute Gasteiger partial charge is 0.417 e. The minimum absolute atomic E-state index is 0.0506. The van der Waals surface area contributed by atoms with Gasteiger partial charge in [-0.05, 0) is 37.1 Å². The van der Waals surface area contributed by atoms with Crippen LogP contribution in [0.2, 0.25) is 5.02 Å². The van der Waals surface area contributed by atoms with Crippen LogP contribution in [-0.4, -0.2) is 60.9 Å². The molecule has 1 saturated heterocycles. The Kier molecular flexibility index (Phi) is 7.88. The van der Waals surface area contributed by atoms with E-state index < -0.39 is 11.7 Å². The van der Waals surface area contributed by atoms with Crippen LogP contribution >= 0.6 is 11.6 Å². The molecule has 5 nitrogen and oxygen atoms in total. The summed E-state index contributed by atoms with van der Waals surface area (Å²) >= 11 is 5.60. The second-order valence-corrected chi connectivity index (χ2v) is 6.89. The summed E-state index contributed by atoms with van der Waals surface area (Å²) in [6, 6.07) is 3.51. The highest BCUT2D eigenvalue weighted by atomic mass is 35.5. The van der Waals surface area contributed by atoms with Gasteiger partial charge in [-0.25, -0.2) is 0 Å². The van der Waals surface area contributed by atoms with Crippen LogP contribution in [0.1, 0.15) is 24.5 Å². The molecule has 0 unspecified atom stereocenters. The van der Waals surface area contributed by atoms with Gasteiger partial charge in [-0.3, -0.25) is 14.5 Å². The molecular weight excluding hydrogens is 395 g/mol. The van der Waals surface area contributed by atoms with Crippen LogP contribution in [0, 0.1) is 0 Å². The van der Waals surface area contributed by atoms with E-state index in [1.165, 1.54) is 24.3 Å². The number of amides is 2. The third kappa shape index (κ3) is 6.53. The minimum atomic E-state index is -4.55. The molecule has 1 heterocycles. The van der Waals surface area contributed by atoms with Gasteiger partial charge in [0.25, 0.3) is 0 Å². The van der Waals surface area contributed by atoms with Crippen molar-refractivity contribution in [2.75, 3.05) is 39.3 Å². The number of carbonyl (C=O) groups excluding carboxylic acids is 2. The van der Waals surface area contributed by atoms with E-state index in [0.29, 0.717) is 32.7 Å². The quantitative estimate of drug-likeness (QED) is 0.749. The number of carbonyl (C=O) groups is 2. The number of hydrogen-bond donors (Lipinski definition) is 1. The molecule has 0 bridgehead atoms. The molecule has 1 aliphatic rings. The maximum atomic E-state index is 12.9. The molecule has 1 aliphatic heterocycles. The zero-order valence-electron chi connectivity index (χ0n) is 15.6. The van der Waals surface area contributed by atoms with Gasteiger partial charge in [0, 0.05) is 38.8 Å². The van der Waals surface area contributed by atoms with E-state index in [0.717, 1.165) is 12.5 Å². The normalized spacial score (nSPS) is 16.2. The molecule has 2 amide bonds. The van der Waals surface area contributed by atoms with E-state index in [-0.39, 0.29) is 28.9 Å². The van der Waals surface area contributed by atoms with Crippen molar-refractivity contribution in [2.24, 2.45) is 0 Å². The third-order valence-electron chi connectivity index (χ3n) is 4.36. The van der Waals surface area contributed by atoms with Gasteiger partial charge in [0.05, 0.1) is 17.1 Å². The minimum Gasteiger partial charge on any atom is -0.355 e. The molecule has 1 N–H and O–H groups in total. The van der Waals surface area contributed by atoms with Gasteiger partial charge in [0.15, 0.2) is 0 Å². The highest BCUT2D eigenvalue weighted by Crippen LogP contribution is 2.35. The lowest BCUT2D eigenvalue weighted by Crippen LogP contribution is -2.39. The first kappa shape index (κ1) is 22.2. The summed E-state index contributed by atoms with van der Waals surface area (Å²) in [5.41, 5.74) is -0.683. The van der Waals surface area contributed by atoms with Crippen LogP contribution in [0.4, 0.5) is 13.2 Å². The van der Waals surface area contributed by atoms with Gasteiger partial charge < -0.3 is 10.2 Å². The van der Waals surface area contributed by atoms with Gasteiger partial charge in [0.1, 0.15) is 0 Å². The molecule has 0 aromatic heterocycles. The number of rotatable bonds is 5. The molecule has 0 spiro atoms. The maximum Gasteiger partial charge on any atom is 0.417 e. The van der Waals surface area contributed by atoms with Crippen molar-refractivity contribution >= 4 is 29.5 Å². The Hall–Kier alpha value is -2.06. The summed E-state index contributed by atoms with van der Waals surface area (Å²) in [6.45, 7) is 4.97. The van der Waals surface area contributed by atoms with Crippen LogP contribution in [0.3, 0.4) is 0 Å². The molecule has 1 fully saturated rings. The standard InChI is InChI=1S/C19H23ClF3N3O2/c1-2-24-17(27)13-25-8-3-9-26(11-10-25)18(28)7-5-14-4-6-16(20)15(12-14)19(21,22)23/h4-7,12H,2-3,8-11,13H2,1H3,(H,24,27). The predicted octanol–water partition coefficient (Wildman–Crippen LogP) is 3.04. The number of likely N-dealkylation sites (N-methyl/N-ethyl adjacent to an activating group) is 1. The fourth-order valence-electron chi connectivity index (χ4n) is 2.94. The van der Waals surface area contributed by atoms with E-state index in [1.54, 1.807) is 4.90 Å². The highest BCUT2D eigenvalue weighted by Gasteiger charge is 2.33. The first-order valence-corrected chi connectivity index (χ1v) is 9.41. The number of nitrogens with zero attached hydrogens (tertiary/aromatic N) is 2. The Bertz CT molecular complexity index is 738. The van der Waals surface area contributed by atoms with Crippen molar-refractivity contribution in [3.8, 4) is 0 Å². The van der Waals surface area contributed by atoms with E-state index in [1.807, 2.05) is 11.8 Å². The van der Waals surface area contributed by atoms with Crippen molar-refractivity contribution in [3.05, 3.63) is 40.4 Å². The molecule has 1 aromatic rings. The van der Waals surface area contributed by atoms with Gasteiger partial charge in [-0.15, -0.1) is 0 Å². The van der Waals surface area contributed by atoms with Crippen molar-refractivity contribution in [1.29, 1.82) is 0 Å². The fourth-order valence-corrected chi connectivity index (χ4v) is 3.17. The zero-order valence-corrected chi connectivity index (χ0v) is 16.3. The summed E-state index contributed by atoms with van der Waals surface area (Å²) in [7, 11) is 0. The number of nitrogens with one attached hydrogen (secondary N) is 1. The average Bonchev–Trinajstić information content (AvgIpc) is 2.85. The lowest BCUT2D eigenvalue weighted by Gasteiger charge is -2.20. The summed E-state index contributed by atoms with van der Waals surface area (Å²) in [4.78, 5) is 27.7. The summed E-state index contributed by atoms with van der Waals surface area (Å²) in [5.74, 6) is -0.325. The Balaban J connectivity index is 1.97. The fraction of sp³-hybridized carbons (Fsp3) is 0.474. The lowest BCUT2D eigenvalue weighted by atomic mass is 10.1. The third-order valence-corrected chi connectivity index (χ3v) is 4.69. The smallest absolute Gasteiger partial charge is 0.355 e. The Morgan fingerprint density at radius 2 is 1.96 bits per heavy atom. The molecule has 0 atom stereocenters. The summed E-state index contributed by atoms with van der Waals surface area (Å²) in [6.07, 6.45) is -1.21. The van der Waals surface area contributed by atoms with Gasteiger partial charge in [0.2, 0.25) is 11.8 Å². The number of alkyl halides is 3. The topological polar surface area (TPSA) is 52.7 Å². The molecule has 0 saturated carbocycles. The van der Waals surface area contributed by atoms with Gasteiger partial charge in [-0.1, -0.05) is 17.7 Å². The molecule has 28 heavy (non-hydrogen) atoms. The number of hydrogen-bond acceptors (Lipinski definition) is 3. The Morgan fingerprint density at radius 1 is 1.21 bits per heavy atom. The van der Waals surface area contributed by atoms with Gasteiger partial charge >= 0.3 is 6.18 Å². The second-order valence-electron chi connectivity index (χ2n) is 6.48. The average molecular weight is 418 g/mol. The van der Waals surface area contributed by atoms with Crippen molar-refractivity contribution in [3.63, 3.8) is 0 Å². The number of benzene rings is 1. The molecule has 154 valence electrons. The summed E-state index contributed by atoms with van der Waals surface area (Å²) < 4.78 is 38.8. The lowest BCUT2D eigenvalue weighted by molar-refractivity contribution is -0.137. The first-order chi connectivity index (χ1) is 13.2. The van der Waals surface area contributed by atoms with Crippen molar-refractivity contribution < 1.29 is 22.8 Å². The molecule has 2 rings (SSSR count). The van der Waals surface area contributed by atoms with Crippen LogP contribution in [0.5, 0.6) is 0 Å². The molecule has 9 heteroatoms. The van der Waals surface area contributed by atoms with Gasteiger partial charge in [-0.2, -0.15) is 13.2 Å². The number of halogens is 4. The zero-order chi connectivity index (χ0) is 20.7. The summed E-state index contributed by atoms with van der Waals surface area (Å²) in [5, 5.41) is 2.36. The van der Waals surface area contributed by atoms with E-state index >= 15 is 0 Å². The first-order valence-electron chi connectivity index (χ1n) is 9.03. The molecule has 0 radical (unpaired) electrons. The maximum absolute atomic E-state index is 12.9. The molecule has 1 aromatic carbocycles. The molecular formula is C19H23ClF3N3O2. The SMILES string of the molecule is CCNC(=O)CN1CCCN(C(=O)C=Cc2ccc(Cl)c(C(F)(F)F)c2)CC1. The van der Waals surface area contributed by atoms with Crippen LogP contribution in [0.25, 0.3) is 6.08 Å². The Labute approximate surface area is 167 Å². The van der Waals surface area contributed by atoms with Crippen LogP contribution in [0.15, 0.2) is 24.3 Å².